The second-order valence-corrected chi connectivity index (χ2v) is 6.14. The third-order valence-electron chi connectivity index (χ3n) is 4.32. The van der Waals surface area contributed by atoms with Gasteiger partial charge in [-0.05, 0) is 31.5 Å². The molecule has 0 aliphatic carbocycles. The summed E-state index contributed by atoms with van der Waals surface area (Å²) >= 11 is 0. The van der Waals surface area contributed by atoms with Gasteiger partial charge in [0.2, 0.25) is 5.91 Å². The van der Waals surface area contributed by atoms with E-state index in [-0.39, 0.29) is 18.5 Å². The fourth-order valence-electron chi connectivity index (χ4n) is 3.12. The summed E-state index contributed by atoms with van der Waals surface area (Å²) < 4.78 is 3.91. The Hall–Kier alpha value is -2.60. The Kier molecular flexibility index (Phi) is 4.66. The zero-order valence-corrected chi connectivity index (χ0v) is 14.1. The number of rotatable bonds is 7. The predicted molar refractivity (Wildman–Crippen MR) is 94.4 cm³/mol. The van der Waals surface area contributed by atoms with Crippen LogP contribution in [0.5, 0.6) is 0 Å². The average Bonchev–Trinajstić information content (AvgIpc) is 3.13. The van der Waals surface area contributed by atoms with Gasteiger partial charge in [-0.1, -0.05) is 18.2 Å². The zero-order chi connectivity index (χ0) is 17.1. The highest BCUT2D eigenvalue weighted by Crippen LogP contribution is 2.25. The number of carbonyl (C=O) groups is 1. The number of nitrogens with one attached hydrogen (secondary N) is 1. The first-order valence-electron chi connectivity index (χ1n) is 8.12. The highest BCUT2D eigenvalue weighted by molar-refractivity contribution is 5.87. The van der Waals surface area contributed by atoms with Gasteiger partial charge in [0.05, 0.1) is 6.54 Å². The van der Waals surface area contributed by atoms with Gasteiger partial charge in [-0.2, -0.15) is 5.10 Å². The molecule has 0 fully saturated rings. The van der Waals surface area contributed by atoms with Gasteiger partial charge in [0.15, 0.2) is 0 Å². The number of benzene rings is 1. The number of nitrogens with zero attached hydrogens (tertiary/aromatic N) is 3. The molecule has 1 amide bonds. The van der Waals surface area contributed by atoms with Crippen LogP contribution >= 0.6 is 0 Å². The first kappa shape index (κ1) is 16.3. The molecule has 0 aliphatic rings. The van der Waals surface area contributed by atoms with Gasteiger partial charge in [-0.3, -0.25) is 9.48 Å². The molecule has 3 aromatic rings. The average molecular weight is 325 g/mol. The van der Waals surface area contributed by atoms with Gasteiger partial charge in [0.1, 0.15) is 6.54 Å². The number of amides is 1. The first-order valence-corrected chi connectivity index (χ1v) is 8.12. The topological polar surface area (TPSA) is 77.9 Å². The third kappa shape index (κ3) is 3.33. The Morgan fingerprint density at radius 2 is 2.12 bits per heavy atom. The van der Waals surface area contributed by atoms with E-state index >= 15 is 0 Å². The Morgan fingerprint density at radius 3 is 2.83 bits per heavy atom. The van der Waals surface area contributed by atoms with Crippen molar-refractivity contribution in [3.05, 3.63) is 54.0 Å². The van der Waals surface area contributed by atoms with Crippen molar-refractivity contribution in [2.24, 2.45) is 5.73 Å². The number of hydrogen-bond acceptors (Lipinski definition) is 3. The highest BCUT2D eigenvalue weighted by Gasteiger charge is 2.15. The maximum Gasteiger partial charge on any atom is 0.237 e. The smallest absolute Gasteiger partial charge is 0.237 e. The van der Waals surface area contributed by atoms with Crippen LogP contribution in [-0.2, 0) is 24.4 Å². The molecular formula is C18H23N5O. The summed E-state index contributed by atoms with van der Waals surface area (Å²) in [5, 5.41) is 8.95. The van der Waals surface area contributed by atoms with Crippen molar-refractivity contribution in [2.75, 3.05) is 0 Å². The van der Waals surface area contributed by atoms with Crippen LogP contribution in [0.2, 0.25) is 0 Å². The van der Waals surface area contributed by atoms with E-state index in [1.165, 1.54) is 5.56 Å². The minimum Gasteiger partial charge on any atom is -0.368 e. The predicted octanol–water partition coefficient (Wildman–Crippen LogP) is 1.81. The standard InChI is InChI=1S/C18H23N5O/c1-13(11-22-9-5-8-21-22)20-10-16-14(2)23(12-18(19)24)17-7-4-3-6-15(16)17/h3-9,13,20H,10-12H2,1-2H3,(H2,19,24)/t13-/m0/s1. The van der Waals surface area contributed by atoms with Crippen LogP contribution in [0.4, 0.5) is 0 Å². The van der Waals surface area contributed by atoms with Crippen LogP contribution in [0.3, 0.4) is 0 Å². The van der Waals surface area contributed by atoms with Crippen LogP contribution in [0.15, 0.2) is 42.7 Å². The summed E-state index contributed by atoms with van der Waals surface area (Å²) in [4.78, 5) is 11.4. The summed E-state index contributed by atoms with van der Waals surface area (Å²) in [5.41, 5.74) is 8.74. The number of para-hydroxylation sites is 1. The van der Waals surface area contributed by atoms with E-state index in [0.717, 1.165) is 29.7 Å². The summed E-state index contributed by atoms with van der Waals surface area (Å²) in [6.45, 7) is 5.93. The molecule has 1 aromatic carbocycles. The van der Waals surface area contributed by atoms with Gasteiger partial charge >= 0.3 is 0 Å². The lowest BCUT2D eigenvalue weighted by molar-refractivity contribution is -0.118. The maximum absolute atomic E-state index is 11.4. The number of nitrogens with two attached hydrogens (primary N) is 1. The quantitative estimate of drug-likeness (QED) is 0.695. The Balaban J connectivity index is 1.81. The normalized spacial score (nSPS) is 12.6. The van der Waals surface area contributed by atoms with Crippen LogP contribution in [0.25, 0.3) is 10.9 Å². The lowest BCUT2D eigenvalue weighted by Crippen LogP contribution is -2.30. The Labute approximate surface area is 141 Å². The molecule has 0 saturated heterocycles. The van der Waals surface area contributed by atoms with Crippen molar-refractivity contribution < 1.29 is 4.79 Å². The molecule has 3 N–H and O–H groups in total. The van der Waals surface area contributed by atoms with Gasteiger partial charge in [-0.25, -0.2) is 0 Å². The van der Waals surface area contributed by atoms with Gasteiger partial charge in [0, 0.05) is 41.6 Å². The van der Waals surface area contributed by atoms with Gasteiger partial charge in [-0.15, -0.1) is 0 Å². The SMILES string of the molecule is Cc1c(CN[C@@H](C)Cn2cccn2)c2ccccc2n1CC(N)=O. The minimum absolute atomic E-state index is 0.204. The molecule has 2 aromatic heterocycles. The minimum atomic E-state index is -0.328. The third-order valence-corrected chi connectivity index (χ3v) is 4.32. The largest absolute Gasteiger partial charge is 0.368 e. The van der Waals surface area contributed by atoms with E-state index in [1.54, 1.807) is 6.20 Å². The van der Waals surface area contributed by atoms with E-state index in [1.807, 2.05) is 46.6 Å². The Bertz CT molecular complexity index is 835. The lowest BCUT2D eigenvalue weighted by Gasteiger charge is -2.14. The molecule has 126 valence electrons. The molecule has 1 atom stereocenters. The number of carbonyl (C=O) groups excluding carboxylic acids is 1. The fourth-order valence-corrected chi connectivity index (χ4v) is 3.12. The van der Waals surface area contributed by atoms with E-state index < -0.39 is 0 Å². The van der Waals surface area contributed by atoms with Crippen molar-refractivity contribution in [1.82, 2.24) is 19.7 Å². The van der Waals surface area contributed by atoms with E-state index in [9.17, 15) is 4.79 Å². The van der Waals surface area contributed by atoms with E-state index in [2.05, 4.69) is 23.4 Å². The van der Waals surface area contributed by atoms with Crippen LogP contribution in [0.1, 0.15) is 18.2 Å². The van der Waals surface area contributed by atoms with Crippen molar-refractivity contribution in [1.29, 1.82) is 0 Å². The zero-order valence-electron chi connectivity index (χ0n) is 14.1. The molecule has 0 saturated carbocycles. The number of aromatic nitrogens is 3. The van der Waals surface area contributed by atoms with Crippen LogP contribution in [0, 0.1) is 6.92 Å². The molecule has 0 radical (unpaired) electrons. The van der Waals surface area contributed by atoms with Crippen molar-refractivity contribution >= 4 is 16.8 Å². The van der Waals surface area contributed by atoms with Gasteiger partial charge in [0.25, 0.3) is 0 Å². The molecule has 2 heterocycles. The van der Waals surface area contributed by atoms with E-state index in [4.69, 9.17) is 5.73 Å². The second kappa shape index (κ2) is 6.88. The summed E-state index contributed by atoms with van der Waals surface area (Å²) in [7, 11) is 0. The Morgan fingerprint density at radius 1 is 1.33 bits per heavy atom. The van der Waals surface area contributed by atoms with E-state index in [0.29, 0.717) is 0 Å². The first-order chi connectivity index (χ1) is 11.6. The lowest BCUT2D eigenvalue weighted by atomic mass is 10.1. The van der Waals surface area contributed by atoms with Crippen LogP contribution in [-0.4, -0.2) is 26.3 Å². The maximum atomic E-state index is 11.4. The number of hydrogen-bond donors (Lipinski definition) is 2. The highest BCUT2D eigenvalue weighted by atomic mass is 16.1. The molecule has 6 heteroatoms. The molecule has 0 spiro atoms. The van der Waals surface area contributed by atoms with Gasteiger partial charge < -0.3 is 15.6 Å². The summed E-state index contributed by atoms with van der Waals surface area (Å²) in [6, 6.07) is 10.3. The number of primary amides is 1. The monoisotopic (exact) mass is 325 g/mol. The molecule has 0 unspecified atom stereocenters. The van der Waals surface area contributed by atoms with Crippen molar-refractivity contribution in [3.8, 4) is 0 Å². The van der Waals surface area contributed by atoms with Crippen molar-refractivity contribution in [2.45, 2.75) is 39.5 Å². The number of fused-ring (bicyclic) bond motifs is 1. The van der Waals surface area contributed by atoms with Crippen molar-refractivity contribution in [3.63, 3.8) is 0 Å². The second-order valence-electron chi connectivity index (χ2n) is 6.14. The summed E-state index contributed by atoms with van der Waals surface area (Å²) in [6.07, 6.45) is 3.75. The van der Waals surface area contributed by atoms with Crippen LogP contribution < -0.4 is 11.1 Å². The molecule has 24 heavy (non-hydrogen) atoms. The molecular weight excluding hydrogens is 302 g/mol. The molecule has 6 nitrogen and oxygen atoms in total. The molecule has 0 aliphatic heterocycles. The fraction of sp³-hybridized carbons (Fsp3) is 0.333. The molecule has 0 bridgehead atoms. The molecule has 3 rings (SSSR count). The summed E-state index contributed by atoms with van der Waals surface area (Å²) in [5.74, 6) is -0.328.